The Labute approximate surface area is 170 Å². The number of carbonyl (C=O) groups excluding carboxylic acids is 1. The van der Waals surface area contributed by atoms with Gasteiger partial charge in [-0.15, -0.1) is 0 Å². The largest absolute Gasteiger partial charge is 0.485 e. The Morgan fingerprint density at radius 1 is 1.29 bits per heavy atom. The third-order valence-corrected chi connectivity index (χ3v) is 4.79. The van der Waals surface area contributed by atoms with Gasteiger partial charge in [-0.1, -0.05) is 44.5 Å². The summed E-state index contributed by atoms with van der Waals surface area (Å²) in [6.45, 7) is 6.52. The maximum Gasteiger partial charge on any atom is 0.228 e. The van der Waals surface area contributed by atoms with E-state index >= 15 is 0 Å². The second-order valence-corrected chi connectivity index (χ2v) is 7.71. The van der Waals surface area contributed by atoms with Crippen LogP contribution in [0, 0.1) is 5.92 Å². The Hall–Kier alpha value is -2.53. The molecule has 0 spiro atoms. The molecule has 3 aromatic rings. The van der Waals surface area contributed by atoms with Gasteiger partial charge in [0.25, 0.3) is 0 Å². The highest BCUT2D eigenvalue weighted by Crippen LogP contribution is 2.29. The average Bonchev–Trinajstić information content (AvgIpc) is 3.04. The lowest BCUT2D eigenvalue weighted by Crippen LogP contribution is -2.29. The topological polar surface area (TPSA) is 46.8 Å². The Morgan fingerprint density at radius 2 is 2.07 bits per heavy atom. The van der Waals surface area contributed by atoms with E-state index in [9.17, 15) is 4.79 Å². The highest BCUT2D eigenvalue weighted by atomic mass is 35.5. The zero-order valence-electron chi connectivity index (χ0n) is 16.8. The second-order valence-electron chi connectivity index (χ2n) is 7.27. The SMILES string of the molecule is CCc1nc2c(OCc3cccc(Cl)c3)cccn2c1N(C)C(=O)CC(C)C. The predicted octanol–water partition coefficient (Wildman–Crippen LogP) is 5.14. The van der Waals surface area contributed by atoms with E-state index in [-0.39, 0.29) is 5.91 Å². The number of pyridine rings is 1. The van der Waals surface area contributed by atoms with Crippen molar-refractivity contribution >= 4 is 29.0 Å². The number of benzene rings is 1. The van der Waals surface area contributed by atoms with Crippen LogP contribution in [0.15, 0.2) is 42.6 Å². The van der Waals surface area contributed by atoms with Gasteiger partial charge in [-0.25, -0.2) is 4.98 Å². The van der Waals surface area contributed by atoms with Gasteiger partial charge in [0.05, 0.1) is 5.69 Å². The van der Waals surface area contributed by atoms with Crippen LogP contribution in [0.3, 0.4) is 0 Å². The molecule has 0 atom stereocenters. The van der Waals surface area contributed by atoms with Crippen molar-refractivity contribution in [3.63, 3.8) is 0 Å². The van der Waals surface area contributed by atoms with Gasteiger partial charge in [0.2, 0.25) is 5.91 Å². The van der Waals surface area contributed by atoms with Crippen molar-refractivity contribution in [3.05, 3.63) is 58.9 Å². The molecule has 2 heterocycles. The Kier molecular flexibility index (Phi) is 6.25. The highest BCUT2D eigenvalue weighted by Gasteiger charge is 2.22. The standard InChI is InChI=1S/C22H26ClN3O2/c1-5-18-22(25(4)20(27)12-15(2)3)26-11-7-10-19(21(26)24-18)28-14-16-8-6-9-17(23)13-16/h6-11,13,15H,5,12,14H2,1-4H3. The quantitative estimate of drug-likeness (QED) is 0.552. The smallest absolute Gasteiger partial charge is 0.228 e. The molecule has 0 radical (unpaired) electrons. The number of amides is 1. The summed E-state index contributed by atoms with van der Waals surface area (Å²) in [4.78, 5) is 19.1. The number of imidazole rings is 1. The first-order valence-corrected chi connectivity index (χ1v) is 9.92. The van der Waals surface area contributed by atoms with Crippen molar-refractivity contribution in [2.75, 3.05) is 11.9 Å². The molecule has 0 bridgehead atoms. The minimum absolute atomic E-state index is 0.0803. The van der Waals surface area contributed by atoms with E-state index in [1.54, 1.807) is 4.90 Å². The minimum Gasteiger partial charge on any atom is -0.485 e. The van der Waals surface area contributed by atoms with E-state index in [4.69, 9.17) is 21.3 Å². The van der Waals surface area contributed by atoms with E-state index in [0.29, 0.717) is 35.4 Å². The maximum absolute atomic E-state index is 12.6. The lowest BCUT2D eigenvalue weighted by atomic mass is 10.1. The van der Waals surface area contributed by atoms with Gasteiger partial charge in [0, 0.05) is 24.7 Å². The van der Waals surface area contributed by atoms with Crippen molar-refractivity contribution in [1.82, 2.24) is 9.38 Å². The average molecular weight is 400 g/mol. The molecule has 5 nitrogen and oxygen atoms in total. The molecule has 1 aromatic carbocycles. The van der Waals surface area contributed by atoms with Gasteiger partial charge in [-0.2, -0.15) is 0 Å². The van der Waals surface area contributed by atoms with E-state index in [1.807, 2.05) is 74.8 Å². The van der Waals surface area contributed by atoms with E-state index in [1.165, 1.54) is 0 Å². The minimum atomic E-state index is 0.0803. The van der Waals surface area contributed by atoms with Crippen LogP contribution in [0.4, 0.5) is 5.82 Å². The first kappa shape index (κ1) is 20.2. The van der Waals surface area contributed by atoms with Gasteiger partial charge in [0.1, 0.15) is 12.4 Å². The summed E-state index contributed by atoms with van der Waals surface area (Å²) >= 11 is 6.06. The molecule has 0 aliphatic rings. The molecule has 0 fully saturated rings. The van der Waals surface area contributed by atoms with Crippen LogP contribution < -0.4 is 9.64 Å². The monoisotopic (exact) mass is 399 g/mol. The summed E-state index contributed by atoms with van der Waals surface area (Å²) in [6, 6.07) is 11.4. The van der Waals surface area contributed by atoms with Gasteiger partial charge >= 0.3 is 0 Å². The van der Waals surface area contributed by atoms with E-state index in [0.717, 1.165) is 23.5 Å². The molecule has 0 unspecified atom stereocenters. The van der Waals surface area contributed by atoms with Crippen LogP contribution in [0.25, 0.3) is 5.65 Å². The molecule has 28 heavy (non-hydrogen) atoms. The summed E-state index contributed by atoms with van der Waals surface area (Å²) < 4.78 is 7.97. The molecule has 0 aliphatic carbocycles. The van der Waals surface area contributed by atoms with Gasteiger partial charge in [-0.3, -0.25) is 14.1 Å². The third kappa shape index (κ3) is 4.30. The summed E-state index contributed by atoms with van der Waals surface area (Å²) in [5.74, 6) is 1.86. The van der Waals surface area contributed by atoms with Gasteiger partial charge in [-0.05, 0) is 42.2 Å². The first-order valence-electron chi connectivity index (χ1n) is 9.54. The number of aromatic nitrogens is 2. The fraction of sp³-hybridized carbons (Fsp3) is 0.364. The lowest BCUT2D eigenvalue weighted by molar-refractivity contribution is -0.119. The molecule has 0 saturated heterocycles. The molecule has 3 rings (SSSR count). The second kappa shape index (κ2) is 8.65. The van der Waals surface area contributed by atoms with E-state index in [2.05, 4.69) is 0 Å². The molecule has 1 amide bonds. The molecular weight excluding hydrogens is 374 g/mol. The summed E-state index contributed by atoms with van der Waals surface area (Å²) in [6.07, 6.45) is 3.14. The molecule has 6 heteroatoms. The molecule has 148 valence electrons. The first-order chi connectivity index (χ1) is 13.4. The number of ether oxygens (including phenoxy) is 1. The summed E-state index contributed by atoms with van der Waals surface area (Å²) in [5.41, 5.74) is 2.57. The number of halogens is 1. The summed E-state index contributed by atoms with van der Waals surface area (Å²) in [5, 5.41) is 0.681. The fourth-order valence-corrected chi connectivity index (χ4v) is 3.39. The number of nitrogens with zero attached hydrogens (tertiary/aromatic N) is 3. The Bertz CT molecular complexity index is 981. The van der Waals surface area contributed by atoms with Crippen LogP contribution in [0.1, 0.15) is 38.4 Å². The summed E-state index contributed by atoms with van der Waals surface area (Å²) in [7, 11) is 1.81. The number of anilines is 1. The van der Waals surface area contributed by atoms with Crippen molar-refractivity contribution in [1.29, 1.82) is 0 Å². The van der Waals surface area contributed by atoms with E-state index < -0.39 is 0 Å². The normalized spacial score (nSPS) is 11.2. The van der Waals surface area contributed by atoms with Crippen LogP contribution in [-0.4, -0.2) is 22.3 Å². The van der Waals surface area contributed by atoms with Crippen LogP contribution >= 0.6 is 11.6 Å². The number of hydrogen-bond donors (Lipinski definition) is 0. The van der Waals surface area contributed by atoms with Gasteiger partial charge < -0.3 is 4.74 Å². The molecule has 0 saturated carbocycles. The van der Waals surface area contributed by atoms with Crippen molar-refractivity contribution in [2.45, 2.75) is 40.2 Å². The molecular formula is C22H26ClN3O2. The van der Waals surface area contributed by atoms with Crippen LogP contribution in [0.5, 0.6) is 5.75 Å². The molecule has 0 N–H and O–H groups in total. The van der Waals surface area contributed by atoms with Crippen LogP contribution in [0.2, 0.25) is 5.02 Å². The lowest BCUT2D eigenvalue weighted by Gasteiger charge is -2.19. The van der Waals surface area contributed by atoms with Crippen LogP contribution in [-0.2, 0) is 17.8 Å². The third-order valence-electron chi connectivity index (χ3n) is 4.55. The Morgan fingerprint density at radius 3 is 2.75 bits per heavy atom. The number of hydrogen-bond acceptors (Lipinski definition) is 3. The number of rotatable bonds is 7. The van der Waals surface area contributed by atoms with Crippen molar-refractivity contribution < 1.29 is 9.53 Å². The highest BCUT2D eigenvalue weighted by molar-refractivity contribution is 6.30. The predicted molar refractivity (Wildman–Crippen MR) is 113 cm³/mol. The van der Waals surface area contributed by atoms with Crippen molar-refractivity contribution in [2.24, 2.45) is 5.92 Å². The molecule has 0 aliphatic heterocycles. The fourth-order valence-electron chi connectivity index (χ4n) is 3.17. The zero-order chi connectivity index (χ0) is 20.3. The molecule has 2 aromatic heterocycles. The number of fused-ring (bicyclic) bond motifs is 1. The number of aryl methyl sites for hydroxylation is 1. The number of carbonyl (C=O) groups is 1. The van der Waals surface area contributed by atoms with Crippen molar-refractivity contribution in [3.8, 4) is 5.75 Å². The maximum atomic E-state index is 12.6. The zero-order valence-corrected chi connectivity index (χ0v) is 17.5. The van der Waals surface area contributed by atoms with Gasteiger partial charge in [0.15, 0.2) is 11.4 Å². The Balaban J connectivity index is 1.94.